The number of rotatable bonds is 6. The largest absolute Gasteiger partial charge is 0.494 e. The number of carbonyl (C=O) groups is 1. The Morgan fingerprint density at radius 3 is 2.42 bits per heavy atom. The molecule has 24 heavy (non-hydrogen) atoms. The monoisotopic (exact) mass is 327 g/mol. The molecule has 0 fully saturated rings. The normalized spacial score (nSPS) is 10.6. The Bertz CT molecular complexity index is 838. The number of carbonyl (C=O) groups excluding carboxylic acids is 1. The van der Waals surface area contributed by atoms with E-state index in [4.69, 9.17) is 18.6 Å². The van der Waals surface area contributed by atoms with Crippen molar-refractivity contribution in [3.8, 4) is 17.2 Å². The van der Waals surface area contributed by atoms with Gasteiger partial charge in [0.15, 0.2) is 18.1 Å². The van der Waals surface area contributed by atoms with E-state index in [-0.39, 0.29) is 6.61 Å². The summed E-state index contributed by atoms with van der Waals surface area (Å²) in [5, 5.41) is 0. The van der Waals surface area contributed by atoms with Crippen LogP contribution < -0.4 is 14.2 Å². The Kier molecular flexibility index (Phi) is 4.65. The first-order valence-corrected chi connectivity index (χ1v) is 7.57. The van der Waals surface area contributed by atoms with Crippen LogP contribution >= 0.6 is 0 Å². The fourth-order valence-corrected chi connectivity index (χ4v) is 2.19. The molecule has 0 saturated carbocycles. The van der Waals surface area contributed by atoms with E-state index in [1.54, 1.807) is 49.4 Å². The van der Waals surface area contributed by atoms with Gasteiger partial charge in [-0.15, -0.1) is 0 Å². The van der Waals surface area contributed by atoms with Crippen molar-refractivity contribution in [2.24, 2.45) is 0 Å². The fourth-order valence-electron chi connectivity index (χ4n) is 2.19. The van der Waals surface area contributed by atoms with Crippen molar-refractivity contribution in [1.29, 1.82) is 0 Å². The molecule has 1 aromatic heterocycles. The average molecular weight is 327 g/mol. The number of ether oxygens (including phenoxy) is 3. The first-order chi connectivity index (χ1) is 11.6. The van der Waals surface area contributed by atoms with Crippen LogP contribution in [0.25, 0.3) is 11.1 Å². The zero-order chi connectivity index (χ0) is 16.9. The predicted molar refractivity (Wildman–Crippen MR) is 87.5 cm³/mol. The van der Waals surface area contributed by atoms with Crippen molar-refractivity contribution < 1.29 is 23.4 Å². The number of hydrogen-bond donors (Lipinski definition) is 0. The molecule has 6 nitrogen and oxygen atoms in total. The molecular formula is C18H17NO5. The third-order valence-corrected chi connectivity index (χ3v) is 3.19. The highest BCUT2D eigenvalue weighted by Gasteiger charge is 2.09. The zero-order valence-electron chi connectivity index (χ0n) is 13.4. The summed E-state index contributed by atoms with van der Waals surface area (Å²) in [5.74, 6) is 1.79. The SMILES string of the molecule is CCOc1ccc(OCC(=O)Oc2ccc3oc(C)nc3c2)cc1. The summed E-state index contributed by atoms with van der Waals surface area (Å²) < 4.78 is 21.4. The summed E-state index contributed by atoms with van der Waals surface area (Å²) in [7, 11) is 0. The van der Waals surface area contributed by atoms with Gasteiger partial charge in [0.25, 0.3) is 0 Å². The maximum atomic E-state index is 11.9. The summed E-state index contributed by atoms with van der Waals surface area (Å²) >= 11 is 0. The van der Waals surface area contributed by atoms with Gasteiger partial charge in [-0.25, -0.2) is 9.78 Å². The quantitative estimate of drug-likeness (QED) is 0.509. The van der Waals surface area contributed by atoms with Crippen LogP contribution in [-0.2, 0) is 4.79 Å². The molecule has 0 aliphatic rings. The highest BCUT2D eigenvalue weighted by Crippen LogP contribution is 2.21. The van der Waals surface area contributed by atoms with Crippen molar-refractivity contribution in [2.75, 3.05) is 13.2 Å². The van der Waals surface area contributed by atoms with Crippen molar-refractivity contribution >= 4 is 17.1 Å². The lowest BCUT2D eigenvalue weighted by molar-refractivity contribution is -0.136. The first-order valence-electron chi connectivity index (χ1n) is 7.57. The number of nitrogens with zero attached hydrogens (tertiary/aromatic N) is 1. The maximum Gasteiger partial charge on any atom is 0.349 e. The van der Waals surface area contributed by atoms with Crippen LogP contribution in [0.1, 0.15) is 12.8 Å². The second kappa shape index (κ2) is 7.04. The Morgan fingerprint density at radius 1 is 1.04 bits per heavy atom. The molecule has 0 amide bonds. The van der Waals surface area contributed by atoms with Crippen molar-refractivity contribution in [3.63, 3.8) is 0 Å². The first kappa shape index (κ1) is 15.9. The van der Waals surface area contributed by atoms with Gasteiger partial charge >= 0.3 is 5.97 Å². The summed E-state index contributed by atoms with van der Waals surface area (Å²) in [6.45, 7) is 4.08. The van der Waals surface area contributed by atoms with Gasteiger partial charge in [0.05, 0.1) is 6.61 Å². The van der Waals surface area contributed by atoms with Gasteiger partial charge in [-0.3, -0.25) is 0 Å². The molecule has 2 aromatic carbocycles. The summed E-state index contributed by atoms with van der Waals surface area (Å²) in [6, 6.07) is 12.1. The van der Waals surface area contributed by atoms with Crippen LogP contribution in [0.2, 0.25) is 0 Å². The second-order valence-electron chi connectivity index (χ2n) is 5.03. The molecule has 0 saturated heterocycles. The molecule has 0 bridgehead atoms. The standard InChI is InChI=1S/C18H17NO5/c1-3-21-13-4-6-14(7-5-13)22-11-18(20)24-15-8-9-17-16(10-15)19-12(2)23-17/h4-10H,3,11H2,1-2H3. The van der Waals surface area contributed by atoms with Gasteiger partial charge in [0, 0.05) is 13.0 Å². The molecule has 0 aliphatic heterocycles. The number of oxazole rings is 1. The number of esters is 1. The summed E-state index contributed by atoms with van der Waals surface area (Å²) in [5.41, 5.74) is 1.29. The molecule has 0 spiro atoms. The second-order valence-corrected chi connectivity index (χ2v) is 5.03. The highest BCUT2D eigenvalue weighted by atomic mass is 16.6. The highest BCUT2D eigenvalue weighted by molar-refractivity contribution is 5.78. The van der Waals surface area contributed by atoms with E-state index in [0.29, 0.717) is 35.1 Å². The lowest BCUT2D eigenvalue weighted by atomic mass is 10.3. The van der Waals surface area contributed by atoms with E-state index in [9.17, 15) is 4.79 Å². The average Bonchev–Trinajstić information content (AvgIpc) is 2.94. The Balaban J connectivity index is 1.56. The third-order valence-electron chi connectivity index (χ3n) is 3.19. The molecule has 1 heterocycles. The van der Waals surface area contributed by atoms with Crippen molar-refractivity contribution in [2.45, 2.75) is 13.8 Å². The van der Waals surface area contributed by atoms with Crippen LogP contribution in [-0.4, -0.2) is 24.2 Å². The van der Waals surface area contributed by atoms with Gasteiger partial charge in [-0.2, -0.15) is 0 Å². The zero-order valence-corrected chi connectivity index (χ0v) is 13.4. The Hall–Kier alpha value is -3.02. The fraction of sp³-hybridized carbons (Fsp3) is 0.222. The van der Waals surface area contributed by atoms with E-state index in [1.807, 2.05) is 6.92 Å². The van der Waals surface area contributed by atoms with Crippen LogP contribution in [0.3, 0.4) is 0 Å². The smallest absolute Gasteiger partial charge is 0.349 e. The molecule has 124 valence electrons. The number of benzene rings is 2. The van der Waals surface area contributed by atoms with E-state index >= 15 is 0 Å². The van der Waals surface area contributed by atoms with Crippen LogP contribution in [0.4, 0.5) is 0 Å². The van der Waals surface area contributed by atoms with Gasteiger partial charge in [-0.1, -0.05) is 0 Å². The van der Waals surface area contributed by atoms with E-state index in [2.05, 4.69) is 4.98 Å². The van der Waals surface area contributed by atoms with Gasteiger partial charge in [0.1, 0.15) is 22.8 Å². The van der Waals surface area contributed by atoms with E-state index in [1.165, 1.54) is 0 Å². The number of hydrogen-bond acceptors (Lipinski definition) is 6. The molecular weight excluding hydrogens is 310 g/mol. The minimum absolute atomic E-state index is 0.191. The maximum absolute atomic E-state index is 11.9. The van der Waals surface area contributed by atoms with Gasteiger partial charge in [-0.05, 0) is 43.3 Å². The van der Waals surface area contributed by atoms with Gasteiger partial charge in [0.2, 0.25) is 0 Å². The number of aromatic nitrogens is 1. The number of fused-ring (bicyclic) bond motifs is 1. The topological polar surface area (TPSA) is 70.8 Å². The minimum Gasteiger partial charge on any atom is -0.494 e. The molecule has 0 radical (unpaired) electrons. The molecule has 0 atom stereocenters. The summed E-state index contributed by atoms with van der Waals surface area (Å²) in [4.78, 5) is 16.1. The molecule has 0 aliphatic carbocycles. The van der Waals surface area contributed by atoms with Crippen LogP contribution in [0, 0.1) is 6.92 Å². The molecule has 3 rings (SSSR count). The molecule has 6 heteroatoms. The third kappa shape index (κ3) is 3.84. The Labute approximate surface area is 139 Å². The van der Waals surface area contributed by atoms with Crippen LogP contribution in [0.5, 0.6) is 17.2 Å². The molecule has 0 N–H and O–H groups in total. The lowest BCUT2D eigenvalue weighted by Gasteiger charge is -2.08. The van der Waals surface area contributed by atoms with Crippen molar-refractivity contribution in [3.05, 3.63) is 48.4 Å². The summed E-state index contributed by atoms with van der Waals surface area (Å²) in [6.07, 6.45) is 0. The lowest BCUT2D eigenvalue weighted by Crippen LogP contribution is -2.17. The minimum atomic E-state index is -0.497. The van der Waals surface area contributed by atoms with Gasteiger partial charge < -0.3 is 18.6 Å². The van der Waals surface area contributed by atoms with E-state index < -0.39 is 5.97 Å². The Morgan fingerprint density at radius 2 is 1.71 bits per heavy atom. The molecule has 3 aromatic rings. The van der Waals surface area contributed by atoms with Crippen molar-refractivity contribution in [1.82, 2.24) is 4.98 Å². The van der Waals surface area contributed by atoms with Crippen LogP contribution in [0.15, 0.2) is 46.9 Å². The molecule has 0 unspecified atom stereocenters. The number of aryl methyl sites for hydroxylation is 1. The van der Waals surface area contributed by atoms with E-state index in [0.717, 1.165) is 5.75 Å². The predicted octanol–water partition coefficient (Wildman–Crippen LogP) is 3.52.